The van der Waals surface area contributed by atoms with E-state index < -0.39 is 0 Å². The van der Waals surface area contributed by atoms with E-state index in [9.17, 15) is 4.79 Å². The van der Waals surface area contributed by atoms with E-state index in [1.165, 1.54) is 0 Å². The smallest absolute Gasteiger partial charge is 0.336 e. The second kappa shape index (κ2) is 7.22. The second-order valence-electron chi connectivity index (χ2n) is 4.79. The highest BCUT2D eigenvalue weighted by molar-refractivity contribution is 5.79. The summed E-state index contributed by atoms with van der Waals surface area (Å²) in [6.45, 7) is 9.08. The topological polar surface area (TPSA) is 45.5 Å². The van der Waals surface area contributed by atoms with Crippen LogP contribution in [0.2, 0.25) is 0 Å². The Hall–Kier alpha value is -1.65. The van der Waals surface area contributed by atoms with Gasteiger partial charge in [-0.2, -0.15) is 0 Å². The van der Waals surface area contributed by atoms with E-state index in [-0.39, 0.29) is 5.63 Å². The average Bonchev–Trinajstić information content (AvgIpc) is 2.47. The van der Waals surface area contributed by atoms with Gasteiger partial charge in [0, 0.05) is 31.1 Å². The summed E-state index contributed by atoms with van der Waals surface area (Å²) in [4.78, 5) is 13.9. The predicted octanol–water partition coefficient (Wildman–Crippen LogP) is 2.22. The molecule has 1 heterocycles. The van der Waals surface area contributed by atoms with Crippen molar-refractivity contribution in [2.75, 3.05) is 26.2 Å². The van der Waals surface area contributed by atoms with Crippen LogP contribution in [0.25, 0.3) is 11.0 Å². The molecule has 108 valence electrons. The highest BCUT2D eigenvalue weighted by atomic mass is 16.4. The molecule has 0 aliphatic carbocycles. The van der Waals surface area contributed by atoms with E-state index in [2.05, 4.69) is 24.1 Å². The van der Waals surface area contributed by atoms with E-state index in [0.717, 1.165) is 37.1 Å². The third kappa shape index (κ3) is 3.68. The van der Waals surface area contributed by atoms with Crippen molar-refractivity contribution in [1.82, 2.24) is 10.2 Å². The van der Waals surface area contributed by atoms with Gasteiger partial charge in [0.25, 0.3) is 0 Å². The van der Waals surface area contributed by atoms with Crippen molar-refractivity contribution in [2.24, 2.45) is 0 Å². The lowest BCUT2D eigenvalue weighted by Crippen LogP contribution is -2.31. The molecule has 0 bridgehead atoms. The Labute approximate surface area is 119 Å². The van der Waals surface area contributed by atoms with Gasteiger partial charge in [-0.05, 0) is 24.7 Å². The van der Waals surface area contributed by atoms with Gasteiger partial charge in [-0.1, -0.05) is 32.0 Å². The maximum atomic E-state index is 11.5. The molecule has 0 aliphatic rings. The van der Waals surface area contributed by atoms with Gasteiger partial charge in [-0.3, -0.25) is 0 Å². The molecule has 0 aliphatic heterocycles. The monoisotopic (exact) mass is 274 g/mol. The van der Waals surface area contributed by atoms with Crippen LogP contribution in [0, 0.1) is 0 Å². The maximum Gasteiger partial charge on any atom is 0.336 e. The van der Waals surface area contributed by atoms with Crippen molar-refractivity contribution in [3.8, 4) is 0 Å². The van der Waals surface area contributed by atoms with Gasteiger partial charge < -0.3 is 14.6 Å². The first-order valence-corrected chi connectivity index (χ1v) is 7.19. The lowest BCUT2D eigenvalue weighted by molar-refractivity contribution is 0.302. The summed E-state index contributed by atoms with van der Waals surface area (Å²) in [7, 11) is 0. The standard InChI is InChI=1S/C16H22N2O2/c1-3-18(4-2)10-9-17-12-13-11-16(19)20-15-8-6-5-7-14(13)15/h5-8,11,17H,3-4,9-10,12H2,1-2H3. The first-order valence-electron chi connectivity index (χ1n) is 7.19. The molecule has 0 fully saturated rings. The quantitative estimate of drug-likeness (QED) is 0.621. The normalized spacial score (nSPS) is 11.3. The van der Waals surface area contributed by atoms with E-state index in [1.807, 2.05) is 24.3 Å². The van der Waals surface area contributed by atoms with Crippen molar-refractivity contribution in [1.29, 1.82) is 0 Å². The molecule has 0 saturated heterocycles. The number of likely N-dealkylation sites (N-methyl/N-ethyl adjacent to an activating group) is 1. The van der Waals surface area contributed by atoms with Crippen LogP contribution < -0.4 is 10.9 Å². The van der Waals surface area contributed by atoms with E-state index >= 15 is 0 Å². The molecular formula is C16H22N2O2. The molecule has 1 aromatic heterocycles. The number of rotatable bonds is 7. The van der Waals surface area contributed by atoms with E-state index in [0.29, 0.717) is 12.1 Å². The first kappa shape index (κ1) is 14.8. The van der Waals surface area contributed by atoms with E-state index in [1.54, 1.807) is 6.07 Å². The third-order valence-electron chi connectivity index (χ3n) is 3.55. The Morgan fingerprint density at radius 2 is 1.95 bits per heavy atom. The van der Waals surface area contributed by atoms with Gasteiger partial charge in [0.15, 0.2) is 0 Å². The zero-order valence-corrected chi connectivity index (χ0v) is 12.2. The SMILES string of the molecule is CCN(CC)CCNCc1cc(=O)oc2ccccc12. The zero-order valence-electron chi connectivity index (χ0n) is 12.2. The molecule has 20 heavy (non-hydrogen) atoms. The molecule has 0 saturated carbocycles. The first-order chi connectivity index (χ1) is 9.74. The summed E-state index contributed by atoms with van der Waals surface area (Å²) in [5.41, 5.74) is 1.36. The number of para-hydroxylation sites is 1. The molecular weight excluding hydrogens is 252 g/mol. The molecule has 4 nitrogen and oxygen atoms in total. The number of benzene rings is 1. The summed E-state index contributed by atoms with van der Waals surface area (Å²) in [6, 6.07) is 9.23. The van der Waals surface area contributed by atoms with Gasteiger partial charge in [0.05, 0.1) is 0 Å². The molecule has 4 heteroatoms. The highest BCUT2D eigenvalue weighted by Crippen LogP contribution is 2.15. The van der Waals surface area contributed by atoms with Crippen molar-refractivity contribution < 1.29 is 4.42 Å². The lowest BCUT2D eigenvalue weighted by Gasteiger charge is -2.18. The van der Waals surface area contributed by atoms with E-state index in [4.69, 9.17) is 4.42 Å². The van der Waals surface area contributed by atoms with Crippen LogP contribution >= 0.6 is 0 Å². The van der Waals surface area contributed by atoms with Crippen molar-refractivity contribution >= 4 is 11.0 Å². The summed E-state index contributed by atoms with van der Waals surface area (Å²) in [5, 5.41) is 4.40. The molecule has 0 spiro atoms. The summed E-state index contributed by atoms with van der Waals surface area (Å²) < 4.78 is 5.19. The highest BCUT2D eigenvalue weighted by Gasteiger charge is 2.05. The van der Waals surface area contributed by atoms with Gasteiger partial charge in [-0.25, -0.2) is 4.79 Å². The van der Waals surface area contributed by atoms with Crippen LogP contribution in [-0.2, 0) is 6.54 Å². The minimum absolute atomic E-state index is 0.288. The molecule has 1 aromatic carbocycles. The average molecular weight is 274 g/mol. The Balaban J connectivity index is 2.01. The van der Waals surface area contributed by atoms with Gasteiger partial charge in [0.1, 0.15) is 5.58 Å². The van der Waals surface area contributed by atoms with Crippen molar-refractivity contribution in [3.05, 3.63) is 46.3 Å². The molecule has 0 unspecified atom stereocenters. The lowest BCUT2D eigenvalue weighted by atomic mass is 10.1. The minimum Gasteiger partial charge on any atom is -0.423 e. The zero-order chi connectivity index (χ0) is 14.4. The third-order valence-corrected chi connectivity index (χ3v) is 3.55. The molecule has 2 aromatic rings. The van der Waals surface area contributed by atoms with Crippen LogP contribution in [0.15, 0.2) is 39.5 Å². The van der Waals surface area contributed by atoms with Gasteiger partial charge in [-0.15, -0.1) is 0 Å². The minimum atomic E-state index is -0.288. The Morgan fingerprint density at radius 3 is 2.70 bits per heavy atom. The van der Waals surface area contributed by atoms with Crippen molar-refractivity contribution in [2.45, 2.75) is 20.4 Å². The second-order valence-corrected chi connectivity index (χ2v) is 4.79. The fraction of sp³-hybridized carbons (Fsp3) is 0.438. The molecule has 0 atom stereocenters. The Morgan fingerprint density at radius 1 is 1.20 bits per heavy atom. The van der Waals surface area contributed by atoms with Gasteiger partial charge in [0.2, 0.25) is 0 Å². The fourth-order valence-electron chi connectivity index (χ4n) is 2.33. The van der Waals surface area contributed by atoms with Crippen LogP contribution in [0.4, 0.5) is 0 Å². The number of hydrogen-bond acceptors (Lipinski definition) is 4. The summed E-state index contributed by atoms with van der Waals surface area (Å²) in [6.07, 6.45) is 0. The predicted molar refractivity (Wildman–Crippen MR) is 82.0 cm³/mol. The van der Waals surface area contributed by atoms with Gasteiger partial charge >= 0.3 is 5.63 Å². The number of nitrogens with one attached hydrogen (secondary N) is 1. The number of hydrogen-bond donors (Lipinski definition) is 1. The summed E-state index contributed by atoms with van der Waals surface area (Å²) in [5.74, 6) is 0. The Bertz CT molecular complexity index is 603. The van der Waals surface area contributed by atoms with Crippen LogP contribution in [-0.4, -0.2) is 31.1 Å². The molecule has 0 amide bonds. The fourth-order valence-corrected chi connectivity index (χ4v) is 2.33. The van der Waals surface area contributed by atoms with Crippen molar-refractivity contribution in [3.63, 3.8) is 0 Å². The maximum absolute atomic E-state index is 11.5. The molecule has 1 N–H and O–H groups in total. The largest absolute Gasteiger partial charge is 0.423 e. The molecule has 2 rings (SSSR count). The molecule has 0 radical (unpaired) electrons. The number of nitrogens with zero attached hydrogens (tertiary/aromatic N) is 1. The van der Waals surface area contributed by atoms with Crippen LogP contribution in [0.1, 0.15) is 19.4 Å². The number of fused-ring (bicyclic) bond motifs is 1. The van der Waals surface area contributed by atoms with Crippen LogP contribution in [0.5, 0.6) is 0 Å². The summed E-state index contributed by atoms with van der Waals surface area (Å²) >= 11 is 0. The van der Waals surface area contributed by atoms with Crippen LogP contribution in [0.3, 0.4) is 0 Å². The Kier molecular flexibility index (Phi) is 5.32.